The van der Waals surface area contributed by atoms with E-state index in [4.69, 9.17) is 5.11 Å². The summed E-state index contributed by atoms with van der Waals surface area (Å²) in [6, 6.07) is 15.3. The lowest BCUT2D eigenvalue weighted by Gasteiger charge is -2.20. The van der Waals surface area contributed by atoms with Crippen LogP contribution in [0.25, 0.3) is 0 Å². The number of hydrogen-bond acceptors (Lipinski definition) is 2. The Hall–Kier alpha value is -2.20. The van der Waals surface area contributed by atoms with Crippen molar-refractivity contribution in [3.8, 4) is 0 Å². The molecule has 22 heavy (non-hydrogen) atoms. The number of carbonyl (C=O) groups is 1. The topological polar surface area (TPSA) is 49.3 Å². The van der Waals surface area contributed by atoms with E-state index in [1.165, 1.54) is 12.1 Å². The largest absolute Gasteiger partial charge is 0.394 e. The Morgan fingerprint density at radius 2 is 1.77 bits per heavy atom. The molecule has 0 aliphatic carbocycles. The summed E-state index contributed by atoms with van der Waals surface area (Å²) in [5.74, 6) is -0.916. The third-order valence-corrected chi connectivity index (χ3v) is 3.53. The van der Waals surface area contributed by atoms with E-state index in [0.717, 1.165) is 11.1 Å². The Balaban J connectivity index is 2.23. The van der Waals surface area contributed by atoms with Gasteiger partial charge in [-0.25, -0.2) is 4.39 Å². The second kappa shape index (κ2) is 7.71. The van der Waals surface area contributed by atoms with Crippen molar-refractivity contribution in [1.82, 2.24) is 5.32 Å². The van der Waals surface area contributed by atoms with E-state index in [1.807, 2.05) is 30.3 Å². The Morgan fingerprint density at radius 3 is 2.36 bits per heavy atom. The molecule has 0 aromatic heterocycles. The molecule has 0 aliphatic rings. The van der Waals surface area contributed by atoms with Gasteiger partial charge < -0.3 is 10.4 Å². The van der Waals surface area contributed by atoms with Crippen LogP contribution in [0.1, 0.15) is 24.0 Å². The van der Waals surface area contributed by atoms with Crippen molar-refractivity contribution in [2.24, 2.45) is 0 Å². The summed E-state index contributed by atoms with van der Waals surface area (Å²) >= 11 is 0. The number of amides is 1. The number of halogens is 1. The van der Waals surface area contributed by atoms with Gasteiger partial charge in [0, 0.05) is 6.04 Å². The second-order valence-electron chi connectivity index (χ2n) is 5.39. The maximum atomic E-state index is 13.1. The van der Waals surface area contributed by atoms with E-state index < -0.39 is 5.92 Å². The highest BCUT2D eigenvalue weighted by Crippen LogP contribution is 2.22. The summed E-state index contributed by atoms with van der Waals surface area (Å²) in [6.07, 6.45) is 0.524. The van der Waals surface area contributed by atoms with Crippen molar-refractivity contribution in [2.45, 2.75) is 25.3 Å². The molecule has 1 unspecified atom stereocenters. The molecule has 2 aromatic rings. The predicted molar refractivity (Wildman–Crippen MR) is 84.0 cm³/mol. The molecular weight excluding hydrogens is 281 g/mol. The van der Waals surface area contributed by atoms with Gasteiger partial charge >= 0.3 is 0 Å². The van der Waals surface area contributed by atoms with Crippen LogP contribution in [0.4, 0.5) is 4.39 Å². The van der Waals surface area contributed by atoms with E-state index in [1.54, 1.807) is 19.1 Å². The predicted octanol–water partition coefficient (Wildman–Crippen LogP) is 2.65. The second-order valence-corrected chi connectivity index (χ2v) is 5.39. The van der Waals surface area contributed by atoms with Crippen molar-refractivity contribution in [2.75, 3.05) is 6.61 Å². The van der Waals surface area contributed by atoms with Crippen molar-refractivity contribution >= 4 is 5.91 Å². The molecular formula is C18H20FNO2. The van der Waals surface area contributed by atoms with Crippen molar-refractivity contribution in [3.05, 3.63) is 71.5 Å². The molecule has 0 aliphatic heterocycles. The van der Waals surface area contributed by atoms with Crippen LogP contribution in [0.5, 0.6) is 0 Å². The summed E-state index contributed by atoms with van der Waals surface area (Å²) in [4.78, 5) is 12.5. The maximum absolute atomic E-state index is 13.1. The molecule has 0 saturated heterocycles. The minimum absolute atomic E-state index is 0.118. The van der Waals surface area contributed by atoms with E-state index in [-0.39, 0.29) is 24.4 Å². The molecule has 0 fully saturated rings. The molecule has 116 valence electrons. The third kappa shape index (κ3) is 4.40. The molecule has 3 nitrogen and oxygen atoms in total. The zero-order valence-corrected chi connectivity index (χ0v) is 12.5. The van der Waals surface area contributed by atoms with Gasteiger partial charge in [-0.3, -0.25) is 4.79 Å². The van der Waals surface area contributed by atoms with Gasteiger partial charge in [0.15, 0.2) is 0 Å². The first kappa shape index (κ1) is 16.2. The molecule has 2 N–H and O–H groups in total. The van der Waals surface area contributed by atoms with E-state index >= 15 is 0 Å². The SMILES string of the molecule is C[C@@H](CO)NC(=O)C(Cc1ccccc1)c1ccc(F)cc1. The fourth-order valence-corrected chi connectivity index (χ4v) is 2.30. The van der Waals surface area contributed by atoms with Gasteiger partial charge in [0.1, 0.15) is 5.82 Å². The van der Waals surface area contributed by atoms with Gasteiger partial charge in [-0.2, -0.15) is 0 Å². The van der Waals surface area contributed by atoms with Crippen LogP contribution in [0.2, 0.25) is 0 Å². The molecule has 2 rings (SSSR count). The van der Waals surface area contributed by atoms with Crippen LogP contribution in [-0.2, 0) is 11.2 Å². The normalized spacial score (nSPS) is 13.4. The molecule has 0 radical (unpaired) electrons. The average molecular weight is 301 g/mol. The fourth-order valence-electron chi connectivity index (χ4n) is 2.30. The Labute approximate surface area is 129 Å². The van der Waals surface area contributed by atoms with Crippen LogP contribution in [0.3, 0.4) is 0 Å². The number of aliphatic hydroxyl groups is 1. The first-order chi connectivity index (χ1) is 10.6. The zero-order valence-electron chi connectivity index (χ0n) is 12.5. The first-order valence-electron chi connectivity index (χ1n) is 7.30. The highest BCUT2D eigenvalue weighted by molar-refractivity contribution is 5.84. The minimum atomic E-state index is -0.419. The van der Waals surface area contributed by atoms with Crippen LogP contribution >= 0.6 is 0 Å². The summed E-state index contributed by atoms with van der Waals surface area (Å²) in [7, 11) is 0. The maximum Gasteiger partial charge on any atom is 0.228 e. The lowest BCUT2D eigenvalue weighted by Crippen LogP contribution is -2.39. The van der Waals surface area contributed by atoms with Gasteiger partial charge in [-0.05, 0) is 36.6 Å². The number of rotatable bonds is 6. The van der Waals surface area contributed by atoms with Gasteiger partial charge in [-0.15, -0.1) is 0 Å². The Kier molecular flexibility index (Phi) is 5.67. The monoisotopic (exact) mass is 301 g/mol. The molecule has 2 atom stereocenters. The summed E-state index contributed by atoms with van der Waals surface area (Å²) in [5.41, 5.74) is 1.79. The number of carbonyl (C=O) groups excluding carboxylic acids is 1. The van der Waals surface area contributed by atoms with Crippen LogP contribution < -0.4 is 5.32 Å². The molecule has 0 spiro atoms. The van der Waals surface area contributed by atoms with Crippen LogP contribution in [0, 0.1) is 5.82 Å². The molecule has 2 aromatic carbocycles. The average Bonchev–Trinajstić information content (AvgIpc) is 2.54. The van der Waals surface area contributed by atoms with Gasteiger partial charge in [-0.1, -0.05) is 42.5 Å². The van der Waals surface area contributed by atoms with Gasteiger partial charge in [0.05, 0.1) is 12.5 Å². The minimum Gasteiger partial charge on any atom is -0.394 e. The van der Waals surface area contributed by atoms with Crippen LogP contribution in [0.15, 0.2) is 54.6 Å². The smallest absolute Gasteiger partial charge is 0.228 e. The summed E-state index contributed by atoms with van der Waals surface area (Å²) < 4.78 is 13.1. The van der Waals surface area contributed by atoms with E-state index in [0.29, 0.717) is 6.42 Å². The third-order valence-electron chi connectivity index (χ3n) is 3.53. The lowest BCUT2D eigenvalue weighted by molar-refractivity contribution is -0.123. The Bertz CT molecular complexity index is 598. The van der Waals surface area contributed by atoms with Crippen molar-refractivity contribution in [3.63, 3.8) is 0 Å². The molecule has 0 bridgehead atoms. The summed E-state index contributed by atoms with van der Waals surface area (Å²) in [5, 5.41) is 11.9. The first-order valence-corrected chi connectivity index (χ1v) is 7.30. The highest BCUT2D eigenvalue weighted by atomic mass is 19.1. The molecule has 1 amide bonds. The van der Waals surface area contributed by atoms with Gasteiger partial charge in [0.2, 0.25) is 5.91 Å². The number of aliphatic hydroxyl groups excluding tert-OH is 1. The lowest BCUT2D eigenvalue weighted by atomic mass is 9.91. The summed E-state index contributed by atoms with van der Waals surface area (Å²) in [6.45, 7) is 1.62. The van der Waals surface area contributed by atoms with Gasteiger partial charge in [0.25, 0.3) is 0 Å². The molecule has 0 heterocycles. The number of nitrogens with one attached hydrogen (secondary N) is 1. The van der Waals surface area contributed by atoms with Crippen LogP contribution in [-0.4, -0.2) is 23.7 Å². The van der Waals surface area contributed by atoms with E-state index in [9.17, 15) is 9.18 Å². The highest BCUT2D eigenvalue weighted by Gasteiger charge is 2.22. The fraction of sp³-hybridized carbons (Fsp3) is 0.278. The number of hydrogen-bond donors (Lipinski definition) is 2. The molecule has 4 heteroatoms. The van der Waals surface area contributed by atoms with Crippen molar-refractivity contribution in [1.29, 1.82) is 0 Å². The zero-order chi connectivity index (χ0) is 15.9. The Morgan fingerprint density at radius 1 is 1.14 bits per heavy atom. The van der Waals surface area contributed by atoms with Crippen molar-refractivity contribution < 1.29 is 14.3 Å². The molecule has 0 saturated carbocycles. The van der Waals surface area contributed by atoms with E-state index in [2.05, 4.69) is 5.32 Å². The standard InChI is InChI=1S/C18H20FNO2/c1-13(12-21)20-18(22)17(11-14-5-3-2-4-6-14)15-7-9-16(19)10-8-15/h2-10,13,17,21H,11-12H2,1H3,(H,20,22)/t13-,17?/m0/s1. The quantitative estimate of drug-likeness (QED) is 0.862. The number of benzene rings is 2.